The summed E-state index contributed by atoms with van der Waals surface area (Å²) in [7, 11) is 0. The van der Waals surface area contributed by atoms with Crippen LogP contribution < -0.4 is 5.73 Å². The van der Waals surface area contributed by atoms with Gasteiger partial charge in [-0.05, 0) is 11.6 Å². The summed E-state index contributed by atoms with van der Waals surface area (Å²) >= 11 is 0. The van der Waals surface area contributed by atoms with Crippen LogP contribution in [0.1, 0.15) is 11.6 Å². The number of aromatic nitrogens is 3. The van der Waals surface area contributed by atoms with Gasteiger partial charge in [0.15, 0.2) is 0 Å². The maximum Gasteiger partial charge on any atom is 0.136 e. The van der Waals surface area contributed by atoms with Gasteiger partial charge in [0.2, 0.25) is 0 Å². The van der Waals surface area contributed by atoms with Crippen LogP contribution in [0.2, 0.25) is 0 Å². The Hall–Kier alpha value is -1.46. The van der Waals surface area contributed by atoms with Crippen LogP contribution >= 0.6 is 0 Å². The Labute approximate surface area is 74.8 Å². The molecule has 0 spiro atoms. The van der Waals surface area contributed by atoms with Crippen molar-refractivity contribution in [3.8, 4) is 0 Å². The van der Waals surface area contributed by atoms with Gasteiger partial charge in [-0.25, -0.2) is 9.50 Å². The predicted octanol–water partition coefficient (Wildman–Crippen LogP) is -0.279. The molecule has 0 aliphatic heterocycles. The van der Waals surface area contributed by atoms with Gasteiger partial charge in [0.25, 0.3) is 0 Å². The number of hydrogen-bond donors (Lipinski definition) is 2. The molecule has 2 aromatic heterocycles. The van der Waals surface area contributed by atoms with Crippen LogP contribution in [0.25, 0.3) is 5.52 Å². The second kappa shape index (κ2) is 3.12. The van der Waals surface area contributed by atoms with Crippen molar-refractivity contribution in [2.24, 2.45) is 5.73 Å². The molecule has 0 radical (unpaired) electrons. The van der Waals surface area contributed by atoms with Crippen molar-refractivity contribution >= 4 is 5.52 Å². The summed E-state index contributed by atoms with van der Waals surface area (Å²) in [5, 5.41) is 12.9. The van der Waals surface area contributed by atoms with E-state index in [-0.39, 0.29) is 12.6 Å². The third kappa shape index (κ3) is 1.28. The molecule has 1 atom stereocenters. The molecular formula is C8H10N4O. The average Bonchev–Trinajstić information content (AvgIpc) is 2.60. The predicted molar refractivity (Wildman–Crippen MR) is 47.0 cm³/mol. The first-order chi connectivity index (χ1) is 6.33. The molecule has 0 saturated carbocycles. The van der Waals surface area contributed by atoms with Gasteiger partial charge in [-0.1, -0.05) is 0 Å². The molecular weight excluding hydrogens is 168 g/mol. The van der Waals surface area contributed by atoms with Crippen LogP contribution in [-0.2, 0) is 0 Å². The Morgan fingerprint density at radius 3 is 3.23 bits per heavy atom. The largest absolute Gasteiger partial charge is 0.394 e. The molecule has 0 aromatic carbocycles. The number of aliphatic hydroxyl groups is 1. The second-order valence-electron chi connectivity index (χ2n) is 2.80. The Morgan fingerprint density at radius 2 is 2.46 bits per heavy atom. The molecule has 0 bridgehead atoms. The van der Waals surface area contributed by atoms with Gasteiger partial charge >= 0.3 is 0 Å². The van der Waals surface area contributed by atoms with E-state index in [0.29, 0.717) is 0 Å². The SMILES string of the molecule is NC(CO)c1ccn2ncncc12. The molecule has 0 saturated heterocycles. The van der Waals surface area contributed by atoms with Gasteiger partial charge in [0.05, 0.1) is 24.4 Å². The van der Waals surface area contributed by atoms with Crippen LogP contribution in [0.4, 0.5) is 0 Å². The molecule has 0 aliphatic carbocycles. The van der Waals surface area contributed by atoms with Crippen molar-refractivity contribution in [1.29, 1.82) is 0 Å². The minimum Gasteiger partial charge on any atom is -0.394 e. The molecule has 0 amide bonds. The Kier molecular flexibility index (Phi) is 1.96. The third-order valence-corrected chi connectivity index (χ3v) is 1.97. The summed E-state index contributed by atoms with van der Waals surface area (Å²) in [6, 6.07) is 1.47. The van der Waals surface area contributed by atoms with Crippen LogP contribution in [0.5, 0.6) is 0 Å². The van der Waals surface area contributed by atoms with E-state index in [9.17, 15) is 0 Å². The molecule has 13 heavy (non-hydrogen) atoms. The number of fused-ring (bicyclic) bond motifs is 1. The lowest BCUT2D eigenvalue weighted by atomic mass is 10.1. The second-order valence-corrected chi connectivity index (χ2v) is 2.80. The molecule has 1 unspecified atom stereocenters. The lowest BCUT2D eigenvalue weighted by Gasteiger charge is -2.05. The summed E-state index contributed by atoms with van der Waals surface area (Å²) in [5.74, 6) is 0. The van der Waals surface area contributed by atoms with Gasteiger partial charge < -0.3 is 10.8 Å². The van der Waals surface area contributed by atoms with E-state index in [4.69, 9.17) is 10.8 Å². The summed E-state index contributed by atoms with van der Waals surface area (Å²) in [4.78, 5) is 3.89. The number of aliphatic hydroxyl groups excluding tert-OH is 1. The third-order valence-electron chi connectivity index (χ3n) is 1.97. The molecule has 2 aromatic rings. The molecule has 0 aliphatic rings. The summed E-state index contributed by atoms with van der Waals surface area (Å²) in [6.07, 6.45) is 4.93. The fourth-order valence-corrected chi connectivity index (χ4v) is 1.28. The van der Waals surface area contributed by atoms with Crippen LogP contribution in [0.3, 0.4) is 0 Å². The van der Waals surface area contributed by atoms with E-state index in [1.165, 1.54) is 6.33 Å². The van der Waals surface area contributed by atoms with Gasteiger partial charge in [0, 0.05) is 6.20 Å². The standard InChI is InChI=1S/C8H10N4O/c9-7(4-13)6-1-2-12-8(6)3-10-5-11-12/h1-3,5,7,13H,4,9H2. The van der Waals surface area contributed by atoms with Crippen molar-refractivity contribution in [3.05, 3.63) is 30.4 Å². The van der Waals surface area contributed by atoms with E-state index in [1.807, 2.05) is 6.07 Å². The Balaban J connectivity index is 2.57. The first-order valence-electron chi connectivity index (χ1n) is 3.96. The van der Waals surface area contributed by atoms with Crippen molar-refractivity contribution in [1.82, 2.24) is 14.6 Å². The first-order valence-corrected chi connectivity index (χ1v) is 3.96. The molecule has 3 N–H and O–H groups in total. The normalized spacial score (nSPS) is 13.4. The highest BCUT2D eigenvalue weighted by Gasteiger charge is 2.09. The number of hydrogen-bond acceptors (Lipinski definition) is 4. The molecule has 2 heterocycles. The van der Waals surface area contributed by atoms with Gasteiger partial charge in [-0.3, -0.25) is 0 Å². The lowest BCUT2D eigenvalue weighted by molar-refractivity contribution is 0.268. The highest BCUT2D eigenvalue weighted by molar-refractivity contribution is 5.54. The minimum absolute atomic E-state index is 0.0748. The molecule has 2 rings (SSSR count). The quantitative estimate of drug-likeness (QED) is 0.663. The van der Waals surface area contributed by atoms with Crippen LogP contribution in [-0.4, -0.2) is 26.3 Å². The fraction of sp³-hybridized carbons (Fsp3) is 0.250. The average molecular weight is 178 g/mol. The van der Waals surface area contributed by atoms with Gasteiger partial charge in [-0.15, -0.1) is 0 Å². The molecule has 0 fully saturated rings. The van der Waals surface area contributed by atoms with Crippen LogP contribution in [0, 0.1) is 0 Å². The fourth-order valence-electron chi connectivity index (χ4n) is 1.28. The zero-order chi connectivity index (χ0) is 9.26. The van der Waals surface area contributed by atoms with Crippen molar-refractivity contribution in [2.45, 2.75) is 6.04 Å². The van der Waals surface area contributed by atoms with Gasteiger partial charge in [-0.2, -0.15) is 5.10 Å². The van der Waals surface area contributed by atoms with Gasteiger partial charge in [0.1, 0.15) is 6.33 Å². The number of nitrogens with zero attached hydrogens (tertiary/aromatic N) is 3. The highest BCUT2D eigenvalue weighted by atomic mass is 16.3. The minimum atomic E-state index is -0.365. The zero-order valence-corrected chi connectivity index (χ0v) is 6.96. The monoisotopic (exact) mass is 178 g/mol. The summed E-state index contributed by atoms with van der Waals surface area (Å²) in [6.45, 7) is -0.0748. The maximum absolute atomic E-state index is 8.89. The molecule has 5 heteroatoms. The van der Waals surface area contributed by atoms with Crippen LogP contribution in [0.15, 0.2) is 24.8 Å². The van der Waals surface area contributed by atoms with Crippen molar-refractivity contribution < 1.29 is 5.11 Å². The van der Waals surface area contributed by atoms with E-state index >= 15 is 0 Å². The smallest absolute Gasteiger partial charge is 0.136 e. The molecule has 68 valence electrons. The lowest BCUT2D eigenvalue weighted by Crippen LogP contribution is -2.14. The summed E-state index contributed by atoms with van der Waals surface area (Å²) in [5.41, 5.74) is 7.39. The van der Waals surface area contributed by atoms with E-state index in [2.05, 4.69) is 10.1 Å². The first kappa shape index (κ1) is 8.15. The van der Waals surface area contributed by atoms with E-state index in [0.717, 1.165) is 11.1 Å². The topological polar surface area (TPSA) is 76.4 Å². The summed E-state index contributed by atoms with van der Waals surface area (Å²) < 4.78 is 1.68. The highest BCUT2D eigenvalue weighted by Crippen LogP contribution is 2.16. The number of rotatable bonds is 2. The Morgan fingerprint density at radius 1 is 1.62 bits per heavy atom. The van der Waals surface area contributed by atoms with E-state index in [1.54, 1.807) is 16.9 Å². The zero-order valence-electron chi connectivity index (χ0n) is 6.96. The van der Waals surface area contributed by atoms with E-state index < -0.39 is 0 Å². The Bertz CT molecular complexity index is 411. The number of nitrogens with two attached hydrogens (primary N) is 1. The maximum atomic E-state index is 8.89. The molecule has 5 nitrogen and oxygen atoms in total. The van der Waals surface area contributed by atoms with Crippen molar-refractivity contribution in [2.75, 3.05) is 6.61 Å². The van der Waals surface area contributed by atoms with Crippen molar-refractivity contribution in [3.63, 3.8) is 0 Å².